The molecule has 1 nitrogen and oxygen atoms in total. The minimum atomic E-state index is -1.39. The number of hydrogen-bond acceptors (Lipinski definition) is 1. The van der Waals surface area contributed by atoms with Crippen LogP contribution in [-0.4, -0.2) is 22.3 Å². The van der Waals surface area contributed by atoms with Crippen molar-refractivity contribution in [3.05, 3.63) is 30.3 Å². The summed E-state index contributed by atoms with van der Waals surface area (Å²) in [5.41, 5.74) is 0. The van der Waals surface area contributed by atoms with Crippen LogP contribution in [-0.2, 0) is 4.79 Å². The van der Waals surface area contributed by atoms with Crippen molar-refractivity contribution in [2.24, 2.45) is 0 Å². The van der Waals surface area contributed by atoms with Gasteiger partial charge in [-0.25, -0.2) is 0 Å². The first kappa shape index (κ1) is 14.7. The molecular weight excluding hydrogens is 251 g/mol. The molecule has 0 atom stereocenters. The molecule has 0 bridgehead atoms. The third-order valence-corrected chi connectivity index (χ3v) is 11.6. The van der Waals surface area contributed by atoms with Crippen LogP contribution in [0.5, 0.6) is 0 Å². The van der Waals surface area contributed by atoms with E-state index in [0.29, 0.717) is 5.78 Å². The van der Waals surface area contributed by atoms with E-state index in [1.807, 2.05) is 0 Å². The van der Waals surface area contributed by atoms with Gasteiger partial charge in [0.1, 0.15) is 5.78 Å². The summed E-state index contributed by atoms with van der Waals surface area (Å²) >= 11 is 0. The van der Waals surface area contributed by atoms with Gasteiger partial charge in [-0.2, -0.15) is 0 Å². The number of carbonyl (C=O) groups is 1. The normalized spacial score (nSPS) is 24.2. The second-order valence-electron chi connectivity index (χ2n) is 6.98. The van der Waals surface area contributed by atoms with Gasteiger partial charge < -0.3 is 0 Å². The van der Waals surface area contributed by atoms with Crippen LogP contribution in [0.15, 0.2) is 30.3 Å². The standard InChI is InChI=1S/C17H26OP/c1-6-19(15-10-8-7-9-11-15)16(2,3)12-14(18)13-17(19,4)5/h7-11H,6,12-13H2,1-5H3/q+1. The van der Waals surface area contributed by atoms with Gasteiger partial charge in [0.15, 0.2) is 0 Å². The molecular formula is C17H26OP+. The van der Waals surface area contributed by atoms with Crippen molar-refractivity contribution in [3.8, 4) is 0 Å². The molecule has 0 unspecified atom stereocenters. The summed E-state index contributed by atoms with van der Waals surface area (Å²) in [6.07, 6.45) is 2.67. The van der Waals surface area contributed by atoms with Crippen LogP contribution in [0.4, 0.5) is 0 Å². The molecule has 1 aromatic carbocycles. The van der Waals surface area contributed by atoms with Gasteiger partial charge in [0, 0.05) is 12.8 Å². The second-order valence-corrected chi connectivity index (χ2v) is 12.2. The van der Waals surface area contributed by atoms with Crippen LogP contribution in [0.1, 0.15) is 47.5 Å². The lowest BCUT2D eigenvalue weighted by Gasteiger charge is -2.52. The molecule has 2 heteroatoms. The minimum Gasteiger partial charge on any atom is -0.299 e. The second kappa shape index (κ2) is 4.70. The number of ketones is 1. The van der Waals surface area contributed by atoms with Gasteiger partial charge in [-0.1, -0.05) is 18.2 Å². The van der Waals surface area contributed by atoms with Crippen molar-refractivity contribution in [1.82, 2.24) is 0 Å². The topological polar surface area (TPSA) is 17.1 Å². The van der Waals surface area contributed by atoms with Crippen LogP contribution < -0.4 is 5.30 Å². The van der Waals surface area contributed by atoms with Crippen LogP contribution in [0.3, 0.4) is 0 Å². The van der Waals surface area contributed by atoms with Crippen molar-refractivity contribution in [2.75, 3.05) is 6.16 Å². The zero-order valence-electron chi connectivity index (χ0n) is 12.9. The molecule has 104 valence electrons. The highest BCUT2D eigenvalue weighted by Crippen LogP contribution is 2.79. The molecule has 0 N–H and O–H groups in total. The monoisotopic (exact) mass is 277 g/mol. The Bertz CT molecular complexity index is 453. The lowest BCUT2D eigenvalue weighted by molar-refractivity contribution is -0.120. The maximum atomic E-state index is 12.1. The van der Waals surface area contributed by atoms with E-state index in [2.05, 4.69) is 65.0 Å². The Balaban J connectivity index is 2.67. The van der Waals surface area contributed by atoms with E-state index in [-0.39, 0.29) is 10.3 Å². The Labute approximate surface area is 118 Å². The quantitative estimate of drug-likeness (QED) is 0.738. The first-order valence-corrected chi connectivity index (χ1v) is 9.20. The Morgan fingerprint density at radius 2 is 1.47 bits per heavy atom. The number of rotatable bonds is 2. The molecule has 0 amide bonds. The Morgan fingerprint density at radius 3 is 1.89 bits per heavy atom. The molecule has 1 aromatic rings. The highest BCUT2D eigenvalue weighted by atomic mass is 31.2. The molecule has 1 fully saturated rings. The molecule has 0 radical (unpaired) electrons. The van der Waals surface area contributed by atoms with Gasteiger partial charge in [-0.15, -0.1) is 0 Å². The molecule has 1 saturated heterocycles. The van der Waals surface area contributed by atoms with Crippen LogP contribution in [0.25, 0.3) is 0 Å². The zero-order chi connectivity index (χ0) is 14.3. The highest BCUT2D eigenvalue weighted by Gasteiger charge is 2.65. The van der Waals surface area contributed by atoms with Crippen LogP contribution in [0.2, 0.25) is 0 Å². The molecule has 1 aliphatic heterocycles. The van der Waals surface area contributed by atoms with Gasteiger partial charge in [0.05, 0.1) is 29.0 Å². The van der Waals surface area contributed by atoms with Gasteiger partial charge in [0.25, 0.3) is 0 Å². The van der Waals surface area contributed by atoms with E-state index in [1.54, 1.807) is 0 Å². The maximum Gasteiger partial charge on any atom is 0.141 e. The third-order valence-electron chi connectivity index (χ3n) is 5.00. The van der Waals surface area contributed by atoms with E-state index in [9.17, 15) is 4.79 Å². The fourth-order valence-corrected chi connectivity index (χ4v) is 11.2. The van der Waals surface area contributed by atoms with Gasteiger partial charge in [-0.05, 0) is 46.8 Å². The number of carbonyl (C=O) groups excluding carboxylic acids is 1. The highest BCUT2D eigenvalue weighted by molar-refractivity contribution is 7.85. The summed E-state index contributed by atoms with van der Waals surface area (Å²) < 4.78 is 0. The molecule has 1 aliphatic rings. The van der Waals surface area contributed by atoms with E-state index >= 15 is 0 Å². The molecule has 19 heavy (non-hydrogen) atoms. The summed E-state index contributed by atoms with van der Waals surface area (Å²) in [5.74, 6) is 0.440. The van der Waals surface area contributed by atoms with E-state index in [1.165, 1.54) is 11.5 Å². The lowest BCUT2D eigenvalue weighted by Crippen LogP contribution is -2.50. The largest absolute Gasteiger partial charge is 0.299 e. The van der Waals surface area contributed by atoms with Gasteiger partial charge in [0.2, 0.25) is 0 Å². The van der Waals surface area contributed by atoms with E-state index in [0.717, 1.165) is 12.8 Å². The molecule has 0 aromatic heterocycles. The van der Waals surface area contributed by atoms with Crippen molar-refractivity contribution in [2.45, 2.75) is 57.8 Å². The lowest BCUT2D eigenvalue weighted by atomic mass is 9.96. The summed E-state index contributed by atoms with van der Waals surface area (Å²) in [6.45, 7) is 11.6. The van der Waals surface area contributed by atoms with Crippen molar-refractivity contribution in [3.63, 3.8) is 0 Å². The van der Waals surface area contributed by atoms with E-state index < -0.39 is 7.26 Å². The number of benzene rings is 1. The zero-order valence-corrected chi connectivity index (χ0v) is 13.8. The molecule has 0 aliphatic carbocycles. The Hall–Kier alpha value is -0.680. The third kappa shape index (κ3) is 2.07. The number of Topliss-reactive ketones (excluding diaryl/α,β-unsaturated/α-hetero) is 1. The molecule has 2 rings (SSSR count). The summed E-state index contributed by atoms with van der Waals surface area (Å²) in [5, 5.41) is 1.73. The van der Waals surface area contributed by atoms with Crippen LogP contribution >= 0.6 is 7.26 Å². The van der Waals surface area contributed by atoms with Gasteiger partial charge >= 0.3 is 0 Å². The average Bonchev–Trinajstić information content (AvgIpc) is 2.27. The van der Waals surface area contributed by atoms with Gasteiger partial charge in [-0.3, -0.25) is 4.79 Å². The number of hydrogen-bond donors (Lipinski definition) is 0. The molecule has 0 spiro atoms. The Kier molecular flexibility index (Phi) is 3.64. The Morgan fingerprint density at radius 1 is 1.00 bits per heavy atom. The smallest absolute Gasteiger partial charge is 0.141 e. The summed E-state index contributed by atoms with van der Waals surface area (Å²) in [4.78, 5) is 12.1. The molecule has 0 saturated carbocycles. The predicted octanol–water partition coefficient (Wildman–Crippen LogP) is 4.27. The first-order valence-electron chi connectivity index (χ1n) is 7.22. The molecule has 1 heterocycles. The van der Waals surface area contributed by atoms with Crippen molar-refractivity contribution < 1.29 is 4.79 Å². The van der Waals surface area contributed by atoms with Crippen molar-refractivity contribution >= 4 is 18.4 Å². The summed E-state index contributed by atoms with van der Waals surface area (Å²) in [6, 6.07) is 11.0. The fourth-order valence-electron chi connectivity index (χ4n) is 4.54. The average molecular weight is 277 g/mol. The summed E-state index contributed by atoms with van der Waals surface area (Å²) in [7, 11) is -1.39. The first-order chi connectivity index (χ1) is 8.77. The fraction of sp³-hybridized carbons (Fsp3) is 0.588. The maximum absolute atomic E-state index is 12.1. The predicted molar refractivity (Wildman–Crippen MR) is 85.9 cm³/mol. The van der Waals surface area contributed by atoms with E-state index in [4.69, 9.17) is 0 Å². The SMILES string of the molecule is CC[P+]1(c2ccccc2)C(C)(C)CC(=O)CC1(C)C. The van der Waals surface area contributed by atoms with Crippen LogP contribution in [0, 0.1) is 0 Å². The minimum absolute atomic E-state index is 0.113. The van der Waals surface area contributed by atoms with Crippen molar-refractivity contribution in [1.29, 1.82) is 0 Å².